The van der Waals surface area contributed by atoms with Gasteiger partial charge in [0.25, 0.3) is 0 Å². The highest BCUT2D eigenvalue weighted by molar-refractivity contribution is 6.18. The quantitative estimate of drug-likeness (QED) is 0.645. The summed E-state index contributed by atoms with van der Waals surface area (Å²) in [6.07, 6.45) is 0. The Bertz CT molecular complexity index is 314. The third kappa shape index (κ3) is 4.16. The second-order valence-electron chi connectivity index (χ2n) is 3.18. The predicted octanol–water partition coefficient (Wildman–Crippen LogP) is 2.56. The van der Waals surface area contributed by atoms with Crippen LogP contribution in [0.4, 0.5) is 17.1 Å². The van der Waals surface area contributed by atoms with Crippen LogP contribution in [0.3, 0.4) is 0 Å². The standard InChI is InChI=1S/C10H15Cl2N3.ClH/c11-3-5-15(6-4-12)8-1-2-9(13)10(14)7-8;/h1-2,7H,3-6,13-14H2;1H. The van der Waals surface area contributed by atoms with Gasteiger partial charge < -0.3 is 16.4 Å². The Hall–Kier alpha value is -0.510. The number of hydrogen-bond acceptors (Lipinski definition) is 3. The van der Waals surface area contributed by atoms with Gasteiger partial charge in [-0.1, -0.05) is 0 Å². The van der Waals surface area contributed by atoms with Crippen molar-refractivity contribution in [2.24, 2.45) is 0 Å². The average molecular weight is 285 g/mol. The van der Waals surface area contributed by atoms with Gasteiger partial charge in [-0.3, -0.25) is 0 Å². The first-order chi connectivity index (χ1) is 7.19. The molecule has 1 aromatic rings. The van der Waals surface area contributed by atoms with Crippen LogP contribution >= 0.6 is 35.6 Å². The van der Waals surface area contributed by atoms with E-state index in [0.29, 0.717) is 23.1 Å². The maximum Gasteiger partial charge on any atom is 0.0568 e. The fourth-order valence-electron chi connectivity index (χ4n) is 1.33. The van der Waals surface area contributed by atoms with E-state index in [9.17, 15) is 0 Å². The van der Waals surface area contributed by atoms with Crippen molar-refractivity contribution in [1.29, 1.82) is 0 Å². The van der Waals surface area contributed by atoms with Crippen LogP contribution in [0.15, 0.2) is 18.2 Å². The lowest BCUT2D eigenvalue weighted by molar-refractivity contribution is 0.874. The van der Waals surface area contributed by atoms with E-state index in [-0.39, 0.29) is 12.4 Å². The number of nitrogens with two attached hydrogens (primary N) is 2. The lowest BCUT2D eigenvalue weighted by atomic mass is 10.2. The molecule has 92 valence electrons. The first-order valence-electron chi connectivity index (χ1n) is 4.71. The van der Waals surface area contributed by atoms with Crippen LogP contribution < -0.4 is 16.4 Å². The summed E-state index contributed by atoms with van der Waals surface area (Å²) in [5.41, 5.74) is 13.6. The van der Waals surface area contributed by atoms with E-state index in [1.165, 1.54) is 0 Å². The molecule has 4 N–H and O–H groups in total. The Morgan fingerprint density at radius 2 is 1.56 bits per heavy atom. The average Bonchev–Trinajstić information content (AvgIpc) is 2.22. The van der Waals surface area contributed by atoms with E-state index in [4.69, 9.17) is 34.7 Å². The van der Waals surface area contributed by atoms with Crippen LogP contribution in [-0.2, 0) is 0 Å². The highest BCUT2D eigenvalue weighted by atomic mass is 35.5. The molecule has 0 unspecified atom stereocenters. The van der Waals surface area contributed by atoms with Gasteiger partial charge in [0, 0.05) is 30.5 Å². The molecule has 0 fully saturated rings. The van der Waals surface area contributed by atoms with Gasteiger partial charge in [-0.25, -0.2) is 0 Å². The Balaban J connectivity index is 0.00000225. The summed E-state index contributed by atoms with van der Waals surface area (Å²) in [6.45, 7) is 1.50. The highest BCUT2D eigenvalue weighted by Gasteiger charge is 2.06. The number of nitrogens with zero attached hydrogens (tertiary/aromatic N) is 1. The van der Waals surface area contributed by atoms with Gasteiger partial charge in [0.05, 0.1) is 11.4 Å². The number of nitrogen functional groups attached to an aromatic ring is 2. The topological polar surface area (TPSA) is 55.3 Å². The summed E-state index contributed by atoms with van der Waals surface area (Å²) in [7, 11) is 0. The van der Waals surface area contributed by atoms with E-state index < -0.39 is 0 Å². The monoisotopic (exact) mass is 283 g/mol. The maximum absolute atomic E-state index is 5.73. The number of alkyl halides is 2. The fraction of sp³-hybridized carbons (Fsp3) is 0.400. The van der Waals surface area contributed by atoms with Crippen molar-refractivity contribution in [1.82, 2.24) is 0 Å². The van der Waals surface area contributed by atoms with Crippen LogP contribution in [0.1, 0.15) is 0 Å². The molecule has 0 bridgehead atoms. The van der Waals surface area contributed by atoms with Crippen LogP contribution in [0, 0.1) is 0 Å². The number of hydrogen-bond donors (Lipinski definition) is 2. The van der Waals surface area contributed by atoms with Crippen LogP contribution in [-0.4, -0.2) is 24.8 Å². The summed E-state index contributed by atoms with van der Waals surface area (Å²) < 4.78 is 0. The molecular weight excluding hydrogens is 268 g/mol. The molecule has 0 radical (unpaired) electrons. The Morgan fingerprint density at radius 1 is 1.00 bits per heavy atom. The lowest BCUT2D eigenvalue weighted by Crippen LogP contribution is -2.27. The van der Waals surface area contributed by atoms with Crippen LogP contribution in [0.25, 0.3) is 0 Å². The summed E-state index contributed by atoms with van der Waals surface area (Å²) in [5, 5.41) is 0. The van der Waals surface area contributed by atoms with E-state index in [0.717, 1.165) is 18.8 Å². The molecule has 6 heteroatoms. The molecule has 0 aliphatic rings. The third-order valence-corrected chi connectivity index (χ3v) is 2.48. The summed E-state index contributed by atoms with van der Waals surface area (Å²) in [5.74, 6) is 1.11. The van der Waals surface area contributed by atoms with Crippen molar-refractivity contribution >= 4 is 52.7 Å². The minimum absolute atomic E-state index is 0. The smallest absolute Gasteiger partial charge is 0.0568 e. The molecule has 0 heterocycles. The molecule has 0 spiro atoms. The molecule has 0 aromatic heterocycles. The first-order valence-corrected chi connectivity index (χ1v) is 5.78. The molecule has 0 saturated heterocycles. The maximum atomic E-state index is 5.73. The van der Waals surface area contributed by atoms with Gasteiger partial charge in [-0.05, 0) is 18.2 Å². The SMILES string of the molecule is Cl.Nc1ccc(N(CCCl)CCCl)cc1N. The van der Waals surface area contributed by atoms with Crippen molar-refractivity contribution in [3.63, 3.8) is 0 Å². The van der Waals surface area contributed by atoms with Crippen LogP contribution in [0.2, 0.25) is 0 Å². The minimum atomic E-state index is 0. The zero-order chi connectivity index (χ0) is 11.3. The van der Waals surface area contributed by atoms with Crippen molar-refractivity contribution in [2.75, 3.05) is 41.2 Å². The molecule has 16 heavy (non-hydrogen) atoms. The normalized spacial score (nSPS) is 9.62. The molecule has 0 saturated carbocycles. The van der Waals surface area contributed by atoms with E-state index in [1.807, 2.05) is 12.1 Å². The third-order valence-electron chi connectivity index (χ3n) is 2.14. The number of anilines is 3. The molecule has 0 atom stereocenters. The fourth-order valence-corrected chi connectivity index (χ4v) is 1.74. The predicted molar refractivity (Wildman–Crippen MR) is 76.2 cm³/mol. The zero-order valence-electron chi connectivity index (χ0n) is 8.83. The summed E-state index contributed by atoms with van der Waals surface area (Å²) >= 11 is 11.4. The van der Waals surface area contributed by atoms with Gasteiger partial charge in [0.2, 0.25) is 0 Å². The molecule has 1 rings (SSSR count). The van der Waals surface area contributed by atoms with E-state index >= 15 is 0 Å². The lowest BCUT2D eigenvalue weighted by Gasteiger charge is -2.23. The second-order valence-corrected chi connectivity index (χ2v) is 3.93. The van der Waals surface area contributed by atoms with Gasteiger partial charge >= 0.3 is 0 Å². The summed E-state index contributed by atoms with van der Waals surface area (Å²) in [4.78, 5) is 2.08. The number of rotatable bonds is 5. The Kier molecular flexibility index (Phi) is 7.47. The second kappa shape index (κ2) is 7.71. The van der Waals surface area contributed by atoms with E-state index in [2.05, 4.69) is 4.90 Å². The van der Waals surface area contributed by atoms with Gasteiger partial charge in [-0.2, -0.15) is 0 Å². The Labute approximate surface area is 112 Å². The molecule has 1 aromatic carbocycles. The van der Waals surface area contributed by atoms with Gasteiger partial charge in [0.15, 0.2) is 0 Å². The Morgan fingerprint density at radius 3 is 2.00 bits per heavy atom. The molecule has 3 nitrogen and oxygen atoms in total. The molecule has 0 amide bonds. The van der Waals surface area contributed by atoms with Gasteiger partial charge in [-0.15, -0.1) is 35.6 Å². The van der Waals surface area contributed by atoms with Crippen LogP contribution in [0.5, 0.6) is 0 Å². The molecular formula is C10H16Cl3N3. The van der Waals surface area contributed by atoms with Crippen molar-refractivity contribution in [3.05, 3.63) is 18.2 Å². The highest BCUT2D eigenvalue weighted by Crippen LogP contribution is 2.22. The molecule has 0 aliphatic carbocycles. The van der Waals surface area contributed by atoms with Crippen molar-refractivity contribution < 1.29 is 0 Å². The number of halogens is 3. The number of benzene rings is 1. The van der Waals surface area contributed by atoms with Crippen molar-refractivity contribution in [3.8, 4) is 0 Å². The largest absolute Gasteiger partial charge is 0.397 e. The minimum Gasteiger partial charge on any atom is -0.397 e. The summed E-state index contributed by atoms with van der Waals surface area (Å²) in [6, 6.07) is 5.55. The van der Waals surface area contributed by atoms with Crippen molar-refractivity contribution in [2.45, 2.75) is 0 Å². The first kappa shape index (κ1) is 15.5. The van der Waals surface area contributed by atoms with E-state index in [1.54, 1.807) is 6.07 Å². The zero-order valence-corrected chi connectivity index (χ0v) is 11.2. The van der Waals surface area contributed by atoms with Gasteiger partial charge in [0.1, 0.15) is 0 Å². The molecule has 0 aliphatic heterocycles.